The van der Waals surface area contributed by atoms with Gasteiger partial charge in [0.1, 0.15) is 17.8 Å². The predicted molar refractivity (Wildman–Crippen MR) is 91.9 cm³/mol. The second-order valence-electron chi connectivity index (χ2n) is 6.31. The van der Waals surface area contributed by atoms with Gasteiger partial charge in [0.25, 0.3) is 5.91 Å². The first-order valence-electron chi connectivity index (χ1n) is 8.19. The van der Waals surface area contributed by atoms with Crippen molar-refractivity contribution < 1.29 is 9.21 Å². The van der Waals surface area contributed by atoms with Gasteiger partial charge in [0, 0.05) is 24.7 Å². The summed E-state index contributed by atoms with van der Waals surface area (Å²) in [5.41, 5.74) is 7.59. The molecule has 128 valence electrons. The Morgan fingerprint density at radius 3 is 2.84 bits per heavy atom. The first kappa shape index (κ1) is 15.6. The summed E-state index contributed by atoms with van der Waals surface area (Å²) in [5.74, 6) is 2.21. The van der Waals surface area contributed by atoms with Crippen LogP contribution in [0.25, 0.3) is 11.4 Å². The number of likely N-dealkylation sites (tertiary alicyclic amines) is 1. The molecular weight excluding hydrogens is 318 g/mol. The van der Waals surface area contributed by atoms with E-state index in [2.05, 4.69) is 15.2 Å². The molecule has 0 unspecified atom stereocenters. The normalized spacial score (nSPS) is 20.2. The summed E-state index contributed by atoms with van der Waals surface area (Å²) in [5, 5.41) is 6.68. The Balaban J connectivity index is 1.60. The quantitative estimate of drug-likeness (QED) is 0.760. The second-order valence-corrected chi connectivity index (χ2v) is 6.31. The number of amides is 1. The molecule has 1 saturated heterocycles. The van der Waals surface area contributed by atoms with Crippen molar-refractivity contribution in [3.05, 3.63) is 59.8 Å². The van der Waals surface area contributed by atoms with E-state index in [9.17, 15) is 4.79 Å². The first-order chi connectivity index (χ1) is 12.1. The fourth-order valence-corrected chi connectivity index (χ4v) is 3.33. The number of aromatic nitrogens is 3. The van der Waals surface area contributed by atoms with Crippen LogP contribution in [0.5, 0.6) is 0 Å². The van der Waals surface area contributed by atoms with E-state index >= 15 is 0 Å². The van der Waals surface area contributed by atoms with Crippen LogP contribution in [0.15, 0.2) is 47.1 Å². The summed E-state index contributed by atoms with van der Waals surface area (Å²) in [7, 11) is 0. The highest BCUT2D eigenvalue weighted by atomic mass is 16.3. The molecule has 0 aliphatic carbocycles. The van der Waals surface area contributed by atoms with E-state index in [0.29, 0.717) is 24.5 Å². The zero-order chi connectivity index (χ0) is 17.4. The third kappa shape index (κ3) is 2.83. The molecule has 1 amide bonds. The fourth-order valence-electron chi connectivity index (χ4n) is 3.33. The van der Waals surface area contributed by atoms with E-state index in [4.69, 9.17) is 10.2 Å². The largest absolute Gasteiger partial charge is 0.466 e. The highest BCUT2D eigenvalue weighted by molar-refractivity contribution is 6.00. The molecule has 25 heavy (non-hydrogen) atoms. The molecule has 1 aromatic carbocycles. The lowest BCUT2D eigenvalue weighted by molar-refractivity contribution is 0.0789. The number of benzene rings is 1. The van der Waals surface area contributed by atoms with Crippen LogP contribution in [-0.4, -0.2) is 45.1 Å². The Bertz CT molecular complexity index is 887. The molecule has 2 atom stereocenters. The van der Waals surface area contributed by atoms with Crippen molar-refractivity contribution >= 4 is 5.91 Å². The molecular formula is C18H19N5O2. The molecule has 1 aliphatic rings. The number of nitrogens with one attached hydrogen (secondary N) is 1. The standard InChI is InChI=1S/C18H19N5O2/c1-11-6-7-16(25-11)14-8-23(9-15(14)19)18(24)13-5-3-2-4-12(13)17-20-10-21-22-17/h2-7,10,14-15H,8-9,19H2,1H3,(H,20,21,22)/t14-,15-/m1/s1. The van der Waals surface area contributed by atoms with Crippen molar-refractivity contribution in [3.8, 4) is 11.4 Å². The van der Waals surface area contributed by atoms with Gasteiger partial charge in [-0.25, -0.2) is 4.98 Å². The summed E-state index contributed by atoms with van der Waals surface area (Å²) in [6.07, 6.45) is 1.43. The molecule has 0 bridgehead atoms. The molecule has 7 heteroatoms. The van der Waals surface area contributed by atoms with Crippen LogP contribution in [0.4, 0.5) is 0 Å². The number of aryl methyl sites for hydroxylation is 1. The van der Waals surface area contributed by atoms with Crippen LogP contribution in [0.2, 0.25) is 0 Å². The number of rotatable bonds is 3. The van der Waals surface area contributed by atoms with E-state index in [1.54, 1.807) is 11.0 Å². The number of carbonyl (C=O) groups excluding carboxylic acids is 1. The maximum absolute atomic E-state index is 13.1. The van der Waals surface area contributed by atoms with Crippen molar-refractivity contribution in [3.63, 3.8) is 0 Å². The number of carbonyl (C=O) groups is 1. The number of hydrogen-bond donors (Lipinski definition) is 2. The minimum Gasteiger partial charge on any atom is -0.466 e. The van der Waals surface area contributed by atoms with E-state index < -0.39 is 0 Å². The van der Waals surface area contributed by atoms with E-state index in [1.165, 1.54) is 6.33 Å². The monoisotopic (exact) mass is 337 g/mol. The topological polar surface area (TPSA) is 101 Å². The zero-order valence-corrected chi connectivity index (χ0v) is 13.8. The molecule has 0 radical (unpaired) electrons. The molecule has 1 aliphatic heterocycles. The summed E-state index contributed by atoms with van der Waals surface area (Å²) >= 11 is 0. The van der Waals surface area contributed by atoms with Gasteiger partial charge >= 0.3 is 0 Å². The average Bonchev–Trinajstić information content (AvgIpc) is 3.35. The Morgan fingerprint density at radius 1 is 1.28 bits per heavy atom. The van der Waals surface area contributed by atoms with Gasteiger partial charge in [-0.05, 0) is 25.1 Å². The number of furan rings is 1. The van der Waals surface area contributed by atoms with E-state index in [1.807, 2.05) is 37.3 Å². The third-order valence-electron chi connectivity index (χ3n) is 4.61. The molecule has 0 saturated carbocycles. The SMILES string of the molecule is Cc1ccc([C@@H]2CN(C(=O)c3ccccc3-c3ncn[nH]3)C[C@H]2N)o1. The van der Waals surface area contributed by atoms with E-state index in [0.717, 1.165) is 17.1 Å². The molecule has 3 aromatic rings. The Hall–Kier alpha value is -2.93. The van der Waals surface area contributed by atoms with Crippen LogP contribution < -0.4 is 5.73 Å². The highest BCUT2D eigenvalue weighted by Crippen LogP contribution is 2.30. The predicted octanol–water partition coefficient (Wildman–Crippen LogP) is 1.94. The molecule has 1 fully saturated rings. The minimum absolute atomic E-state index is 0.00934. The number of hydrogen-bond acceptors (Lipinski definition) is 5. The molecule has 7 nitrogen and oxygen atoms in total. The molecule has 3 heterocycles. The maximum Gasteiger partial charge on any atom is 0.254 e. The Labute approximate surface area is 144 Å². The Morgan fingerprint density at radius 2 is 2.12 bits per heavy atom. The maximum atomic E-state index is 13.1. The number of aromatic amines is 1. The fraction of sp³-hybridized carbons (Fsp3) is 0.278. The van der Waals surface area contributed by atoms with Crippen molar-refractivity contribution in [2.75, 3.05) is 13.1 Å². The second kappa shape index (κ2) is 6.18. The molecule has 4 rings (SSSR count). The van der Waals surface area contributed by atoms with Crippen LogP contribution in [-0.2, 0) is 0 Å². The van der Waals surface area contributed by atoms with Gasteiger partial charge in [0.2, 0.25) is 0 Å². The smallest absolute Gasteiger partial charge is 0.254 e. The zero-order valence-electron chi connectivity index (χ0n) is 13.8. The number of nitrogens with two attached hydrogens (primary N) is 1. The summed E-state index contributed by atoms with van der Waals surface area (Å²) in [6.45, 7) is 2.94. The third-order valence-corrected chi connectivity index (χ3v) is 4.61. The number of nitrogens with zero attached hydrogens (tertiary/aromatic N) is 3. The van der Waals surface area contributed by atoms with Crippen molar-refractivity contribution in [1.82, 2.24) is 20.1 Å². The molecule has 2 aromatic heterocycles. The van der Waals surface area contributed by atoms with Gasteiger partial charge < -0.3 is 15.1 Å². The van der Waals surface area contributed by atoms with Crippen LogP contribution >= 0.6 is 0 Å². The van der Waals surface area contributed by atoms with Crippen molar-refractivity contribution in [2.45, 2.75) is 18.9 Å². The minimum atomic E-state index is -0.146. The molecule has 3 N–H and O–H groups in total. The average molecular weight is 337 g/mol. The van der Waals surface area contributed by atoms with Gasteiger partial charge in [-0.3, -0.25) is 9.89 Å². The van der Waals surface area contributed by atoms with Gasteiger partial charge in [-0.2, -0.15) is 5.10 Å². The first-order valence-corrected chi connectivity index (χ1v) is 8.19. The van der Waals surface area contributed by atoms with Crippen molar-refractivity contribution in [2.24, 2.45) is 5.73 Å². The summed E-state index contributed by atoms with van der Waals surface area (Å²) < 4.78 is 5.71. The van der Waals surface area contributed by atoms with Gasteiger partial charge in [0.15, 0.2) is 5.82 Å². The molecule has 0 spiro atoms. The lowest BCUT2D eigenvalue weighted by atomic mass is 10.0. The van der Waals surface area contributed by atoms with Gasteiger partial charge in [-0.1, -0.05) is 18.2 Å². The van der Waals surface area contributed by atoms with Gasteiger partial charge in [0.05, 0.1) is 11.5 Å². The number of H-pyrrole nitrogens is 1. The lowest BCUT2D eigenvalue weighted by Crippen LogP contribution is -2.32. The summed E-state index contributed by atoms with van der Waals surface area (Å²) in [4.78, 5) is 19.0. The summed E-state index contributed by atoms with van der Waals surface area (Å²) in [6, 6.07) is 11.1. The highest BCUT2D eigenvalue weighted by Gasteiger charge is 2.36. The Kier molecular flexibility index (Phi) is 3.85. The van der Waals surface area contributed by atoms with Crippen LogP contribution in [0.3, 0.4) is 0 Å². The van der Waals surface area contributed by atoms with E-state index in [-0.39, 0.29) is 17.9 Å². The van der Waals surface area contributed by atoms with Crippen LogP contribution in [0.1, 0.15) is 27.8 Å². The van der Waals surface area contributed by atoms with Gasteiger partial charge in [-0.15, -0.1) is 0 Å². The van der Waals surface area contributed by atoms with Crippen LogP contribution in [0, 0.1) is 6.92 Å². The lowest BCUT2D eigenvalue weighted by Gasteiger charge is -2.17. The van der Waals surface area contributed by atoms with Crippen molar-refractivity contribution in [1.29, 1.82) is 0 Å².